The first kappa shape index (κ1) is 17.3. The van der Waals surface area contributed by atoms with E-state index in [0.29, 0.717) is 0 Å². The number of aryl methyl sites for hydroxylation is 1. The van der Waals surface area contributed by atoms with Crippen LogP contribution >= 0.6 is 0 Å². The van der Waals surface area contributed by atoms with Crippen molar-refractivity contribution < 1.29 is 0 Å². The second-order valence-electron chi connectivity index (χ2n) is 6.22. The summed E-state index contributed by atoms with van der Waals surface area (Å²) in [5.41, 5.74) is 2.04. The normalized spacial score (nSPS) is 10.9. The summed E-state index contributed by atoms with van der Waals surface area (Å²) in [5, 5.41) is 4.75. The smallest absolute Gasteiger partial charge is 0.181 e. The van der Waals surface area contributed by atoms with Gasteiger partial charge in [0.2, 0.25) is 0 Å². The van der Waals surface area contributed by atoms with Gasteiger partial charge in [0.1, 0.15) is 0 Å². The summed E-state index contributed by atoms with van der Waals surface area (Å²) in [6, 6.07) is 7.86. The Balaban J connectivity index is 1.76. The first-order valence-electron chi connectivity index (χ1n) is 9.14. The van der Waals surface area contributed by atoms with E-state index < -0.39 is 0 Å². The SMILES string of the molecule is CCCCCCCCn1nc(-c2ccncc2)nc1-c1ccncc1. The van der Waals surface area contributed by atoms with Gasteiger partial charge in [0, 0.05) is 42.5 Å². The molecule has 0 aliphatic carbocycles. The maximum atomic E-state index is 4.78. The minimum absolute atomic E-state index is 0.750. The van der Waals surface area contributed by atoms with Gasteiger partial charge < -0.3 is 0 Å². The lowest BCUT2D eigenvalue weighted by Crippen LogP contribution is -2.03. The number of nitrogens with zero attached hydrogens (tertiary/aromatic N) is 5. The molecule has 3 heterocycles. The number of hydrogen-bond donors (Lipinski definition) is 0. The predicted molar refractivity (Wildman–Crippen MR) is 99.9 cm³/mol. The Labute approximate surface area is 149 Å². The fourth-order valence-corrected chi connectivity index (χ4v) is 2.88. The Morgan fingerprint density at radius 1 is 0.760 bits per heavy atom. The molecule has 0 aromatic carbocycles. The Kier molecular flexibility index (Phi) is 6.26. The van der Waals surface area contributed by atoms with Crippen molar-refractivity contribution in [3.05, 3.63) is 49.1 Å². The van der Waals surface area contributed by atoms with E-state index in [1.807, 2.05) is 28.9 Å². The first-order chi connectivity index (χ1) is 12.4. The molecule has 3 aromatic rings. The third-order valence-corrected chi connectivity index (χ3v) is 4.27. The van der Waals surface area contributed by atoms with E-state index >= 15 is 0 Å². The molecule has 25 heavy (non-hydrogen) atoms. The van der Waals surface area contributed by atoms with Crippen LogP contribution in [0.15, 0.2) is 49.1 Å². The highest BCUT2D eigenvalue weighted by molar-refractivity contribution is 5.60. The third-order valence-electron chi connectivity index (χ3n) is 4.27. The van der Waals surface area contributed by atoms with Crippen molar-refractivity contribution in [2.24, 2.45) is 0 Å². The molecule has 0 fully saturated rings. The summed E-state index contributed by atoms with van der Waals surface area (Å²) >= 11 is 0. The van der Waals surface area contributed by atoms with E-state index in [0.717, 1.165) is 35.7 Å². The summed E-state index contributed by atoms with van der Waals surface area (Å²) in [7, 11) is 0. The molecule has 0 radical (unpaired) electrons. The molecule has 130 valence electrons. The van der Waals surface area contributed by atoms with Crippen molar-refractivity contribution in [3.63, 3.8) is 0 Å². The minimum Gasteiger partial charge on any atom is -0.265 e. The van der Waals surface area contributed by atoms with Crippen molar-refractivity contribution in [2.45, 2.75) is 52.0 Å². The van der Waals surface area contributed by atoms with E-state index in [9.17, 15) is 0 Å². The van der Waals surface area contributed by atoms with Crippen molar-refractivity contribution in [2.75, 3.05) is 0 Å². The van der Waals surface area contributed by atoms with Gasteiger partial charge in [0.05, 0.1) is 0 Å². The van der Waals surface area contributed by atoms with Gasteiger partial charge in [0.15, 0.2) is 11.6 Å². The highest BCUT2D eigenvalue weighted by Gasteiger charge is 2.13. The number of pyridine rings is 2. The van der Waals surface area contributed by atoms with Crippen LogP contribution < -0.4 is 0 Å². The Morgan fingerprint density at radius 3 is 2.04 bits per heavy atom. The largest absolute Gasteiger partial charge is 0.265 e. The Morgan fingerprint density at radius 2 is 1.36 bits per heavy atom. The molecule has 3 rings (SSSR count). The average molecular weight is 335 g/mol. The molecular weight excluding hydrogens is 310 g/mol. The molecule has 0 N–H and O–H groups in total. The van der Waals surface area contributed by atoms with Crippen LogP contribution in [0.5, 0.6) is 0 Å². The zero-order chi connectivity index (χ0) is 17.3. The minimum atomic E-state index is 0.750. The van der Waals surface area contributed by atoms with Gasteiger partial charge in [-0.25, -0.2) is 9.67 Å². The van der Waals surface area contributed by atoms with E-state index in [2.05, 4.69) is 16.9 Å². The van der Waals surface area contributed by atoms with Crippen LogP contribution in [0.25, 0.3) is 22.8 Å². The van der Waals surface area contributed by atoms with Gasteiger partial charge in [-0.05, 0) is 30.7 Å². The summed E-state index contributed by atoms with van der Waals surface area (Å²) < 4.78 is 2.03. The van der Waals surface area contributed by atoms with Gasteiger partial charge in [-0.1, -0.05) is 39.0 Å². The van der Waals surface area contributed by atoms with E-state index in [-0.39, 0.29) is 0 Å². The fourth-order valence-electron chi connectivity index (χ4n) is 2.88. The lowest BCUT2D eigenvalue weighted by molar-refractivity contribution is 0.531. The maximum Gasteiger partial charge on any atom is 0.181 e. The predicted octanol–water partition coefficient (Wildman–Crippen LogP) is 4.76. The monoisotopic (exact) mass is 335 g/mol. The topological polar surface area (TPSA) is 56.5 Å². The van der Waals surface area contributed by atoms with Crippen molar-refractivity contribution in [1.29, 1.82) is 0 Å². The molecule has 0 unspecified atom stereocenters. The van der Waals surface area contributed by atoms with Gasteiger partial charge >= 0.3 is 0 Å². The summed E-state index contributed by atoms with van der Waals surface area (Å²) in [5.74, 6) is 1.66. The van der Waals surface area contributed by atoms with E-state index in [1.165, 1.54) is 32.1 Å². The second kappa shape index (κ2) is 9.06. The molecule has 0 aliphatic heterocycles. The Bertz CT molecular complexity index is 752. The number of unbranched alkanes of at least 4 members (excludes halogenated alkanes) is 5. The molecule has 0 saturated heterocycles. The van der Waals surface area contributed by atoms with Crippen molar-refractivity contribution in [3.8, 4) is 22.8 Å². The highest BCUT2D eigenvalue weighted by Crippen LogP contribution is 2.22. The highest BCUT2D eigenvalue weighted by atomic mass is 15.3. The quantitative estimate of drug-likeness (QED) is 0.529. The van der Waals surface area contributed by atoms with Crippen LogP contribution in [0.3, 0.4) is 0 Å². The summed E-state index contributed by atoms with van der Waals surface area (Å²) in [6.45, 7) is 3.14. The molecule has 0 spiro atoms. The van der Waals surface area contributed by atoms with Crippen LogP contribution in [0, 0.1) is 0 Å². The van der Waals surface area contributed by atoms with Gasteiger partial charge in [-0.15, -0.1) is 0 Å². The Hall–Kier alpha value is -2.56. The second-order valence-corrected chi connectivity index (χ2v) is 6.22. The molecule has 3 aromatic heterocycles. The first-order valence-corrected chi connectivity index (χ1v) is 9.14. The van der Waals surface area contributed by atoms with Gasteiger partial charge in [-0.3, -0.25) is 9.97 Å². The number of rotatable bonds is 9. The van der Waals surface area contributed by atoms with Crippen LogP contribution in [-0.4, -0.2) is 24.7 Å². The standard InChI is InChI=1S/C20H25N5/c1-2-3-4-5-6-7-16-25-20(18-10-14-22-15-11-18)23-19(24-25)17-8-12-21-13-9-17/h8-15H,2-7,16H2,1H3. The van der Waals surface area contributed by atoms with E-state index in [4.69, 9.17) is 10.1 Å². The molecule has 0 atom stereocenters. The molecule has 0 aliphatic rings. The average Bonchev–Trinajstić information content (AvgIpc) is 3.10. The molecule has 0 saturated carbocycles. The number of hydrogen-bond acceptors (Lipinski definition) is 4. The van der Waals surface area contributed by atoms with Crippen molar-refractivity contribution >= 4 is 0 Å². The van der Waals surface area contributed by atoms with Crippen LogP contribution in [0.1, 0.15) is 45.4 Å². The zero-order valence-corrected chi connectivity index (χ0v) is 14.8. The summed E-state index contributed by atoms with van der Waals surface area (Å²) in [4.78, 5) is 13.0. The number of aromatic nitrogens is 5. The van der Waals surface area contributed by atoms with Gasteiger partial charge in [0.25, 0.3) is 0 Å². The maximum absolute atomic E-state index is 4.78. The summed E-state index contributed by atoms with van der Waals surface area (Å²) in [6.07, 6.45) is 14.7. The van der Waals surface area contributed by atoms with Gasteiger partial charge in [-0.2, -0.15) is 5.10 Å². The van der Waals surface area contributed by atoms with Crippen LogP contribution in [-0.2, 0) is 6.54 Å². The van der Waals surface area contributed by atoms with Crippen molar-refractivity contribution in [1.82, 2.24) is 24.7 Å². The molecule has 5 nitrogen and oxygen atoms in total. The molecular formula is C20H25N5. The zero-order valence-electron chi connectivity index (χ0n) is 14.8. The van der Waals surface area contributed by atoms with Crippen LogP contribution in [0.2, 0.25) is 0 Å². The molecule has 5 heteroatoms. The lowest BCUT2D eigenvalue weighted by atomic mass is 10.1. The fraction of sp³-hybridized carbons (Fsp3) is 0.400. The van der Waals surface area contributed by atoms with Crippen LogP contribution in [0.4, 0.5) is 0 Å². The lowest BCUT2D eigenvalue weighted by Gasteiger charge is -2.05. The molecule has 0 bridgehead atoms. The third kappa shape index (κ3) is 4.72. The molecule has 0 amide bonds. The van der Waals surface area contributed by atoms with E-state index in [1.54, 1.807) is 24.8 Å².